The van der Waals surface area contributed by atoms with Crippen molar-refractivity contribution in [2.45, 2.75) is 39.2 Å². The summed E-state index contributed by atoms with van der Waals surface area (Å²) in [5, 5.41) is 1.08. The summed E-state index contributed by atoms with van der Waals surface area (Å²) in [4.78, 5) is 20.1. The summed E-state index contributed by atoms with van der Waals surface area (Å²) in [7, 11) is 0. The van der Waals surface area contributed by atoms with Gasteiger partial charge in [0.15, 0.2) is 0 Å². The highest BCUT2D eigenvalue weighted by molar-refractivity contribution is 7.11. The quantitative estimate of drug-likeness (QED) is 0.778. The van der Waals surface area contributed by atoms with E-state index >= 15 is 0 Å². The molecular formula is C18H19F3N2O2S. The molecule has 1 amide bonds. The van der Waals surface area contributed by atoms with Crippen molar-refractivity contribution in [3.63, 3.8) is 0 Å². The Hall–Kier alpha value is -2.09. The molecule has 0 atom stereocenters. The van der Waals surface area contributed by atoms with Crippen LogP contribution in [0.5, 0.6) is 5.75 Å². The molecule has 4 nitrogen and oxygen atoms in total. The van der Waals surface area contributed by atoms with Crippen LogP contribution in [0.3, 0.4) is 0 Å². The number of halogens is 3. The minimum Gasteiger partial charge on any atom is -0.434 e. The molecule has 0 bridgehead atoms. The molecule has 2 aromatic rings. The van der Waals surface area contributed by atoms with E-state index < -0.39 is 24.1 Å². The Balaban J connectivity index is 1.70. The molecule has 0 saturated carbocycles. The van der Waals surface area contributed by atoms with Crippen LogP contribution < -0.4 is 4.74 Å². The van der Waals surface area contributed by atoms with Crippen molar-refractivity contribution in [2.75, 3.05) is 13.1 Å². The number of hydrogen-bond donors (Lipinski definition) is 0. The standard InChI is InChI=1S/C18H19F3N2O2S/c1-10-11(2)26-16(22-10)12-5-7-23(8-6-12)17(24)14-4-3-13(19)9-15(14)25-18(20)21/h3-4,9,12,18H,5-8H2,1-2H3. The molecule has 1 fully saturated rings. The van der Waals surface area contributed by atoms with E-state index in [1.807, 2.05) is 13.8 Å². The van der Waals surface area contributed by atoms with Gasteiger partial charge in [-0.05, 0) is 38.8 Å². The first-order valence-electron chi connectivity index (χ1n) is 8.32. The molecule has 0 aliphatic carbocycles. The number of aromatic nitrogens is 1. The lowest BCUT2D eigenvalue weighted by molar-refractivity contribution is -0.0504. The van der Waals surface area contributed by atoms with Gasteiger partial charge >= 0.3 is 6.61 Å². The molecule has 0 spiro atoms. The number of amides is 1. The van der Waals surface area contributed by atoms with Crippen LogP contribution in [0.15, 0.2) is 18.2 Å². The molecular weight excluding hydrogens is 365 g/mol. The lowest BCUT2D eigenvalue weighted by Crippen LogP contribution is -2.38. The molecule has 3 rings (SSSR count). The summed E-state index contributed by atoms with van der Waals surface area (Å²) in [6.07, 6.45) is 1.51. The fraction of sp³-hybridized carbons (Fsp3) is 0.444. The minimum absolute atomic E-state index is 0.0499. The van der Waals surface area contributed by atoms with Crippen molar-refractivity contribution < 1.29 is 22.7 Å². The average Bonchev–Trinajstić information content (AvgIpc) is 2.93. The first-order chi connectivity index (χ1) is 12.3. The maximum absolute atomic E-state index is 13.3. The van der Waals surface area contributed by atoms with Crippen molar-refractivity contribution in [3.8, 4) is 5.75 Å². The Bertz CT molecular complexity index is 782. The van der Waals surface area contributed by atoms with Gasteiger partial charge in [0.05, 0.1) is 16.3 Å². The largest absolute Gasteiger partial charge is 0.434 e. The van der Waals surface area contributed by atoms with Crippen LogP contribution in [0.25, 0.3) is 0 Å². The number of aryl methyl sites for hydroxylation is 2. The first-order valence-corrected chi connectivity index (χ1v) is 9.14. The van der Waals surface area contributed by atoms with E-state index in [2.05, 4.69) is 9.72 Å². The number of likely N-dealkylation sites (tertiary alicyclic amines) is 1. The zero-order valence-corrected chi connectivity index (χ0v) is 15.3. The SMILES string of the molecule is Cc1nc(C2CCN(C(=O)c3ccc(F)cc3OC(F)F)CC2)sc1C. The number of nitrogens with zero attached hydrogens (tertiary/aromatic N) is 2. The molecule has 0 unspecified atom stereocenters. The summed E-state index contributed by atoms with van der Waals surface area (Å²) in [6, 6.07) is 3.07. The van der Waals surface area contributed by atoms with E-state index in [1.54, 1.807) is 16.2 Å². The fourth-order valence-corrected chi connectivity index (χ4v) is 4.13. The Morgan fingerprint density at radius 2 is 2.00 bits per heavy atom. The average molecular weight is 384 g/mol. The summed E-state index contributed by atoms with van der Waals surface area (Å²) in [5.41, 5.74) is 0.981. The number of piperidine rings is 1. The van der Waals surface area contributed by atoms with Crippen LogP contribution in [0.4, 0.5) is 13.2 Å². The van der Waals surface area contributed by atoms with E-state index in [4.69, 9.17) is 0 Å². The maximum Gasteiger partial charge on any atom is 0.387 e. The Morgan fingerprint density at radius 1 is 1.31 bits per heavy atom. The Morgan fingerprint density at radius 3 is 2.58 bits per heavy atom. The van der Waals surface area contributed by atoms with Crippen molar-refractivity contribution in [1.82, 2.24) is 9.88 Å². The number of carbonyl (C=O) groups is 1. The predicted molar refractivity (Wildman–Crippen MR) is 92.5 cm³/mol. The lowest BCUT2D eigenvalue weighted by Gasteiger charge is -2.31. The predicted octanol–water partition coefficient (Wildman–Crippen LogP) is 4.52. The number of ether oxygens (including phenoxy) is 1. The summed E-state index contributed by atoms with van der Waals surface area (Å²) >= 11 is 1.68. The maximum atomic E-state index is 13.3. The van der Waals surface area contributed by atoms with Crippen molar-refractivity contribution in [3.05, 3.63) is 45.2 Å². The molecule has 1 aliphatic rings. The van der Waals surface area contributed by atoms with E-state index in [0.29, 0.717) is 19.0 Å². The van der Waals surface area contributed by atoms with Gasteiger partial charge in [0.25, 0.3) is 5.91 Å². The molecule has 8 heteroatoms. The van der Waals surface area contributed by atoms with E-state index in [-0.39, 0.29) is 5.56 Å². The molecule has 0 N–H and O–H groups in total. The second-order valence-corrected chi connectivity index (χ2v) is 7.51. The van der Waals surface area contributed by atoms with Crippen LogP contribution in [-0.2, 0) is 0 Å². The molecule has 1 aromatic heterocycles. The van der Waals surface area contributed by atoms with Crippen LogP contribution in [0.2, 0.25) is 0 Å². The number of alkyl halides is 2. The van der Waals surface area contributed by atoms with Gasteiger partial charge in [0, 0.05) is 30.0 Å². The summed E-state index contributed by atoms with van der Waals surface area (Å²) in [6.45, 7) is 1.88. The smallest absolute Gasteiger partial charge is 0.387 e. The van der Waals surface area contributed by atoms with Gasteiger partial charge in [-0.1, -0.05) is 0 Å². The van der Waals surface area contributed by atoms with E-state index in [0.717, 1.165) is 35.7 Å². The lowest BCUT2D eigenvalue weighted by atomic mass is 9.97. The van der Waals surface area contributed by atoms with Crippen LogP contribution >= 0.6 is 11.3 Å². The van der Waals surface area contributed by atoms with Gasteiger partial charge in [-0.25, -0.2) is 9.37 Å². The molecule has 140 valence electrons. The van der Waals surface area contributed by atoms with Gasteiger partial charge in [0.1, 0.15) is 11.6 Å². The summed E-state index contributed by atoms with van der Waals surface area (Å²) in [5.74, 6) is -1.30. The molecule has 2 heterocycles. The normalized spacial score (nSPS) is 15.5. The van der Waals surface area contributed by atoms with Crippen LogP contribution in [0, 0.1) is 19.7 Å². The van der Waals surface area contributed by atoms with E-state index in [9.17, 15) is 18.0 Å². The van der Waals surface area contributed by atoms with Gasteiger partial charge in [-0.2, -0.15) is 8.78 Å². The summed E-state index contributed by atoms with van der Waals surface area (Å²) < 4.78 is 42.7. The zero-order valence-electron chi connectivity index (χ0n) is 14.5. The number of carbonyl (C=O) groups excluding carboxylic acids is 1. The Kier molecular flexibility index (Phi) is 5.50. The van der Waals surface area contributed by atoms with Crippen molar-refractivity contribution in [1.29, 1.82) is 0 Å². The molecule has 26 heavy (non-hydrogen) atoms. The second kappa shape index (κ2) is 7.65. The number of hydrogen-bond acceptors (Lipinski definition) is 4. The monoisotopic (exact) mass is 384 g/mol. The number of thiazole rings is 1. The molecule has 1 aromatic carbocycles. The highest BCUT2D eigenvalue weighted by Gasteiger charge is 2.28. The van der Waals surface area contributed by atoms with Crippen molar-refractivity contribution in [2.24, 2.45) is 0 Å². The molecule has 1 saturated heterocycles. The molecule has 1 aliphatic heterocycles. The van der Waals surface area contributed by atoms with Gasteiger partial charge in [-0.3, -0.25) is 4.79 Å². The first kappa shape index (κ1) is 18.7. The van der Waals surface area contributed by atoms with E-state index in [1.165, 1.54) is 10.9 Å². The number of rotatable bonds is 4. The number of benzene rings is 1. The highest BCUT2D eigenvalue weighted by Crippen LogP contribution is 2.33. The highest BCUT2D eigenvalue weighted by atomic mass is 32.1. The third-order valence-electron chi connectivity index (χ3n) is 4.57. The van der Waals surface area contributed by atoms with Crippen LogP contribution in [0.1, 0.15) is 44.7 Å². The molecule has 0 radical (unpaired) electrons. The third kappa shape index (κ3) is 4.00. The van der Waals surface area contributed by atoms with Gasteiger partial charge in [-0.15, -0.1) is 11.3 Å². The Labute approximate surface area is 153 Å². The van der Waals surface area contributed by atoms with Gasteiger partial charge in [0.2, 0.25) is 0 Å². The van der Waals surface area contributed by atoms with Crippen LogP contribution in [-0.4, -0.2) is 35.5 Å². The van der Waals surface area contributed by atoms with Crippen molar-refractivity contribution >= 4 is 17.2 Å². The second-order valence-electron chi connectivity index (χ2n) is 6.28. The van der Waals surface area contributed by atoms with Gasteiger partial charge < -0.3 is 9.64 Å². The fourth-order valence-electron chi connectivity index (χ4n) is 3.04. The minimum atomic E-state index is -3.12. The zero-order chi connectivity index (χ0) is 18.8. The third-order valence-corrected chi connectivity index (χ3v) is 5.80. The topological polar surface area (TPSA) is 42.4 Å².